The summed E-state index contributed by atoms with van der Waals surface area (Å²) in [4.78, 5) is 29.2. The monoisotopic (exact) mass is 443 g/mol. The van der Waals surface area contributed by atoms with Gasteiger partial charge in [0.1, 0.15) is 10.9 Å². The van der Waals surface area contributed by atoms with Crippen molar-refractivity contribution in [1.29, 1.82) is 0 Å². The van der Waals surface area contributed by atoms with E-state index in [0.29, 0.717) is 23.3 Å². The number of hydrazone groups is 1. The smallest absolute Gasteiger partial charge is 0.303 e. The number of hydrogen-bond donors (Lipinski definition) is 1. The minimum Gasteiger partial charge on any atom is -0.497 e. The highest BCUT2D eigenvalue weighted by molar-refractivity contribution is 7.12. The number of carbonyl (C=O) groups is 2. The first kappa shape index (κ1) is 20.3. The van der Waals surface area contributed by atoms with Crippen LogP contribution < -0.4 is 4.74 Å². The summed E-state index contributed by atoms with van der Waals surface area (Å²) in [5.41, 5.74) is 2.13. The van der Waals surface area contributed by atoms with E-state index in [1.54, 1.807) is 13.2 Å². The van der Waals surface area contributed by atoms with Crippen molar-refractivity contribution >= 4 is 51.4 Å². The Balaban J connectivity index is 1.72. The molecule has 0 saturated heterocycles. The third-order valence-corrected chi connectivity index (χ3v) is 6.11. The molecule has 4 rings (SSSR count). The number of carboxylic acid groups (broad SMARTS) is 1. The number of halogens is 1. The fraction of sp³-hybridized carbons (Fsp3) is 0.238. The lowest BCUT2D eigenvalue weighted by atomic mass is 10.0. The first-order valence-electron chi connectivity index (χ1n) is 9.25. The molecule has 30 heavy (non-hydrogen) atoms. The molecule has 0 aliphatic carbocycles. The average Bonchev–Trinajstić information content (AvgIpc) is 3.40. The van der Waals surface area contributed by atoms with Gasteiger partial charge in [-0.3, -0.25) is 9.59 Å². The maximum absolute atomic E-state index is 12.8. The number of ether oxygens (including phenoxy) is 1. The molecule has 0 saturated carbocycles. The fourth-order valence-electron chi connectivity index (χ4n) is 3.40. The first-order valence-corrected chi connectivity index (χ1v) is 10.5. The summed E-state index contributed by atoms with van der Waals surface area (Å²) in [6, 6.07) is 10.8. The van der Waals surface area contributed by atoms with Gasteiger partial charge >= 0.3 is 5.97 Å². The fourth-order valence-corrected chi connectivity index (χ4v) is 4.40. The summed E-state index contributed by atoms with van der Waals surface area (Å²) in [6.07, 6.45) is 0.0840. The maximum atomic E-state index is 12.8. The predicted molar refractivity (Wildman–Crippen MR) is 115 cm³/mol. The molecule has 1 aliphatic rings. The molecule has 0 fully saturated rings. The van der Waals surface area contributed by atoms with E-state index in [9.17, 15) is 9.59 Å². The van der Waals surface area contributed by atoms with Crippen molar-refractivity contribution in [2.45, 2.75) is 25.3 Å². The molecule has 0 spiro atoms. The van der Waals surface area contributed by atoms with Crippen molar-refractivity contribution in [3.05, 3.63) is 57.4 Å². The van der Waals surface area contributed by atoms with E-state index < -0.39 is 12.0 Å². The topological polar surface area (TPSA) is 92.1 Å². The average molecular weight is 444 g/mol. The highest BCUT2D eigenvalue weighted by Crippen LogP contribution is 2.38. The Kier molecular flexibility index (Phi) is 5.69. The van der Waals surface area contributed by atoms with Crippen LogP contribution in [0.25, 0.3) is 10.9 Å². The van der Waals surface area contributed by atoms with E-state index in [2.05, 4.69) is 10.1 Å². The summed E-state index contributed by atoms with van der Waals surface area (Å²) in [6.45, 7) is 0. The van der Waals surface area contributed by atoms with Crippen molar-refractivity contribution < 1.29 is 19.4 Å². The first-order chi connectivity index (χ1) is 14.5. The van der Waals surface area contributed by atoms with E-state index in [4.69, 9.17) is 21.4 Å². The van der Waals surface area contributed by atoms with Gasteiger partial charge in [-0.15, -0.1) is 11.3 Å². The zero-order chi connectivity index (χ0) is 21.3. The molecule has 1 amide bonds. The van der Waals surface area contributed by atoms with Gasteiger partial charge < -0.3 is 9.84 Å². The van der Waals surface area contributed by atoms with Gasteiger partial charge in [-0.1, -0.05) is 17.7 Å². The lowest BCUT2D eigenvalue weighted by Gasteiger charge is -2.23. The van der Waals surface area contributed by atoms with Gasteiger partial charge in [0.2, 0.25) is 5.91 Å². The van der Waals surface area contributed by atoms with E-state index >= 15 is 0 Å². The minimum absolute atomic E-state index is 0.136. The Morgan fingerprint density at radius 3 is 2.83 bits per heavy atom. The normalized spacial score (nSPS) is 16.0. The number of hydrogen-bond acceptors (Lipinski definition) is 6. The number of benzene rings is 1. The predicted octanol–water partition coefficient (Wildman–Crippen LogP) is 4.50. The number of pyridine rings is 1. The third-order valence-electron chi connectivity index (χ3n) is 4.89. The zero-order valence-electron chi connectivity index (χ0n) is 16.0. The van der Waals surface area contributed by atoms with Gasteiger partial charge in [0.25, 0.3) is 0 Å². The number of aliphatic carboxylic acids is 1. The summed E-state index contributed by atoms with van der Waals surface area (Å²) in [5.74, 6) is -0.714. The van der Waals surface area contributed by atoms with Gasteiger partial charge in [0.05, 0.1) is 35.7 Å². The summed E-state index contributed by atoms with van der Waals surface area (Å²) < 4.78 is 5.24. The van der Waals surface area contributed by atoms with Crippen molar-refractivity contribution in [2.24, 2.45) is 5.10 Å². The van der Waals surface area contributed by atoms with Crippen LogP contribution in [0.2, 0.25) is 5.15 Å². The number of fused-ring (bicyclic) bond motifs is 1. The summed E-state index contributed by atoms with van der Waals surface area (Å²) in [5, 5.41) is 17.9. The number of methoxy groups -OCH3 is 1. The van der Waals surface area contributed by atoms with Gasteiger partial charge in [-0.25, -0.2) is 9.99 Å². The van der Waals surface area contributed by atoms with Crippen molar-refractivity contribution in [1.82, 2.24) is 9.99 Å². The van der Waals surface area contributed by atoms with Crippen LogP contribution >= 0.6 is 22.9 Å². The number of rotatable bonds is 6. The quantitative estimate of drug-likeness (QED) is 0.566. The Morgan fingerprint density at radius 1 is 1.30 bits per heavy atom. The van der Waals surface area contributed by atoms with E-state index in [0.717, 1.165) is 16.0 Å². The highest BCUT2D eigenvalue weighted by Gasteiger charge is 2.35. The maximum Gasteiger partial charge on any atom is 0.303 e. The van der Waals surface area contributed by atoms with Crippen LogP contribution in [0.1, 0.15) is 35.7 Å². The molecule has 1 atom stereocenters. The second-order valence-electron chi connectivity index (χ2n) is 6.80. The number of nitrogens with zero attached hydrogens (tertiary/aromatic N) is 3. The second-order valence-corrected chi connectivity index (χ2v) is 8.11. The molecule has 7 nitrogen and oxygen atoms in total. The second kappa shape index (κ2) is 8.41. The standard InChI is InChI=1S/C21H18ClN3O4S/c1-29-13-5-4-12-9-14(21(22)23-15(12)10-13)17-11-16(18-3-2-8-30-18)24-25(17)19(26)6-7-20(27)28/h2-5,8-10,17H,6-7,11H2,1H3,(H,27,28). The molecule has 9 heteroatoms. The zero-order valence-corrected chi connectivity index (χ0v) is 17.6. The molecule has 0 bridgehead atoms. The molecule has 1 N–H and O–H groups in total. The molecule has 2 aromatic heterocycles. The van der Waals surface area contributed by atoms with Gasteiger partial charge in [0.15, 0.2) is 0 Å². The summed E-state index contributed by atoms with van der Waals surface area (Å²) in [7, 11) is 1.58. The number of carboxylic acids is 1. The summed E-state index contributed by atoms with van der Waals surface area (Å²) >= 11 is 8.05. The van der Waals surface area contributed by atoms with Crippen LogP contribution in [0.3, 0.4) is 0 Å². The largest absolute Gasteiger partial charge is 0.497 e. The van der Waals surface area contributed by atoms with E-state index in [1.807, 2.05) is 35.7 Å². The molecule has 1 aromatic carbocycles. The van der Waals surface area contributed by atoms with Crippen molar-refractivity contribution in [2.75, 3.05) is 7.11 Å². The van der Waals surface area contributed by atoms with Gasteiger partial charge in [-0.2, -0.15) is 5.10 Å². The molecule has 1 aliphatic heterocycles. The van der Waals surface area contributed by atoms with Crippen LogP contribution in [-0.4, -0.2) is 39.8 Å². The Labute approximate surface area is 181 Å². The van der Waals surface area contributed by atoms with Crippen LogP contribution in [0.15, 0.2) is 46.9 Å². The lowest BCUT2D eigenvalue weighted by molar-refractivity contribution is -0.141. The Morgan fingerprint density at radius 2 is 2.13 bits per heavy atom. The molecule has 154 valence electrons. The van der Waals surface area contributed by atoms with E-state index in [-0.39, 0.29) is 23.9 Å². The van der Waals surface area contributed by atoms with Crippen LogP contribution in [0, 0.1) is 0 Å². The van der Waals surface area contributed by atoms with Crippen LogP contribution in [-0.2, 0) is 9.59 Å². The Hall–Kier alpha value is -2.97. The van der Waals surface area contributed by atoms with E-state index in [1.165, 1.54) is 16.3 Å². The van der Waals surface area contributed by atoms with Crippen molar-refractivity contribution in [3.63, 3.8) is 0 Å². The lowest BCUT2D eigenvalue weighted by Crippen LogP contribution is -2.27. The SMILES string of the molecule is COc1ccc2cc(C3CC(c4cccs4)=NN3C(=O)CCC(=O)O)c(Cl)nc2c1. The number of carbonyl (C=O) groups excluding carboxylic acids is 1. The molecular formula is C21H18ClN3O4S. The van der Waals surface area contributed by atoms with Gasteiger partial charge in [0, 0.05) is 29.9 Å². The van der Waals surface area contributed by atoms with Crippen molar-refractivity contribution in [3.8, 4) is 5.75 Å². The molecule has 3 heterocycles. The van der Waals surface area contributed by atoms with Crippen LogP contribution in [0.4, 0.5) is 0 Å². The molecule has 1 unspecified atom stereocenters. The molecule has 3 aromatic rings. The van der Waals surface area contributed by atoms with Gasteiger partial charge in [-0.05, 0) is 29.6 Å². The molecule has 0 radical (unpaired) electrons. The van der Waals surface area contributed by atoms with Crippen LogP contribution in [0.5, 0.6) is 5.75 Å². The molecular weight excluding hydrogens is 426 g/mol. The number of aromatic nitrogens is 1. The third kappa shape index (κ3) is 4.01. The minimum atomic E-state index is -1.03. The highest BCUT2D eigenvalue weighted by atomic mass is 35.5. The number of amides is 1. The Bertz CT molecular complexity index is 1150. The number of thiophene rings is 1.